The Bertz CT molecular complexity index is 954. The number of aryl methyl sites for hydroxylation is 1. The van der Waals surface area contributed by atoms with E-state index in [1.54, 1.807) is 17.4 Å². The highest BCUT2D eigenvalue weighted by Gasteiger charge is 2.24. The number of ether oxygens (including phenoxy) is 2. The summed E-state index contributed by atoms with van der Waals surface area (Å²) in [6.45, 7) is 2.89. The molecule has 138 valence electrons. The van der Waals surface area contributed by atoms with Crippen LogP contribution in [0, 0.1) is 6.92 Å². The molecule has 0 radical (unpaired) electrons. The van der Waals surface area contributed by atoms with Gasteiger partial charge in [0.05, 0.1) is 28.9 Å². The molecule has 6 heteroatoms. The fourth-order valence-electron chi connectivity index (χ4n) is 3.13. The van der Waals surface area contributed by atoms with E-state index in [4.69, 9.17) is 9.47 Å². The summed E-state index contributed by atoms with van der Waals surface area (Å²) in [6, 6.07) is 15.0. The largest absolute Gasteiger partial charge is 0.493 e. The number of amides is 1. The van der Waals surface area contributed by atoms with E-state index in [0.29, 0.717) is 24.5 Å². The van der Waals surface area contributed by atoms with Gasteiger partial charge in [-0.15, -0.1) is 11.3 Å². The Morgan fingerprint density at radius 2 is 2.07 bits per heavy atom. The number of fused-ring (bicyclic) bond motifs is 1. The predicted octanol–water partition coefficient (Wildman–Crippen LogP) is 4.28. The Labute approximate surface area is 162 Å². The van der Waals surface area contributed by atoms with Crippen molar-refractivity contribution in [3.63, 3.8) is 0 Å². The average molecular weight is 380 g/mol. The maximum absolute atomic E-state index is 12.9. The number of rotatable bonds is 5. The third-order valence-corrected chi connectivity index (χ3v) is 5.26. The summed E-state index contributed by atoms with van der Waals surface area (Å²) in [5.41, 5.74) is 2.40. The first-order valence-corrected chi connectivity index (χ1v) is 9.74. The second kappa shape index (κ2) is 7.80. The number of para-hydroxylation sites is 2. The zero-order valence-electron chi connectivity index (χ0n) is 15.0. The molecule has 3 aromatic rings. The predicted molar refractivity (Wildman–Crippen MR) is 104 cm³/mol. The van der Waals surface area contributed by atoms with Gasteiger partial charge in [0.2, 0.25) is 0 Å². The van der Waals surface area contributed by atoms with Gasteiger partial charge < -0.3 is 14.8 Å². The van der Waals surface area contributed by atoms with Crippen LogP contribution >= 0.6 is 11.3 Å². The van der Waals surface area contributed by atoms with Crippen LogP contribution in [0.2, 0.25) is 0 Å². The Balaban J connectivity index is 1.49. The molecule has 5 nitrogen and oxygen atoms in total. The molecule has 0 bridgehead atoms. The number of thiazole rings is 1. The monoisotopic (exact) mass is 380 g/mol. The van der Waals surface area contributed by atoms with Gasteiger partial charge in [-0.3, -0.25) is 4.79 Å². The van der Waals surface area contributed by atoms with Gasteiger partial charge in [-0.2, -0.15) is 0 Å². The van der Waals surface area contributed by atoms with Crippen LogP contribution in [-0.2, 0) is 6.61 Å². The molecule has 0 saturated carbocycles. The standard InChI is InChI=1S/C21H20N2O3S/c1-14-22-15(13-27-14)12-26-20-9-5-3-7-17(20)21(24)23-18-10-11-25-19-8-4-2-6-16(18)19/h2-9,13,18H,10-12H2,1H3,(H,23,24). The number of nitrogens with zero attached hydrogens (tertiary/aromatic N) is 1. The second-order valence-electron chi connectivity index (χ2n) is 6.34. The van der Waals surface area contributed by atoms with Crippen molar-refractivity contribution >= 4 is 17.2 Å². The highest BCUT2D eigenvalue weighted by Crippen LogP contribution is 2.32. The molecule has 1 atom stereocenters. The first kappa shape index (κ1) is 17.5. The van der Waals surface area contributed by atoms with Crippen molar-refractivity contribution < 1.29 is 14.3 Å². The van der Waals surface area contributed by atoms with E-state index in [2.05, 4.69) is 10.3 Å². The molecule has 0 saturated heterocycles. The van der Waals surface area contributed by atoms with Gasteiger partial charge in [-0.1, -0.05) is 30.3 Å². The number of carbonyl (C=O) groups excluding carboxylic acids is 1. The third kappa shape index (κ3) is 3.95. The van der Waals surface area contributed by atoms with E-state index >= 15 is 0 Å². The van der Waals surface area contributed by atoms with E-state index in [9.17, 15) is 4.79 Å². The molecule has 2 heterocycles. The minimum atomic E-state index is -0.151. The average Bonchev–Trinajstić information content (AvgIpc) is 3.12. The van der Waals surface area contributed by atoms with Gasteiger partial charge in [0.15, 0.2) is 0 Å². The van der Waals surface area contributed by atoms with Crippen molar-refractivity contribution in [2.75, 3.05) is 6.61 Å². The van der Waals surface area contributed by atoms with E-state index in [1.165, 1.54) is 0 Å². The SMILES string of the molecule is Cc1nc(COc2ccccc2C(=O)NC2CCOc3ccccc32)cs1. The molecule has 4 rings (SSSR count). The van der Waals surface area contributed by atoms with Crippen LogP contribution in [0.15, 0.2) is 53.9 Å². The minimum Gasteiger partial charge on any atom is -0.493 e. The van der Waals surface area contributed by atoms with Gasteiger partial charge in [0, 0.05) is 17.4 Å². The van der Waals surface area contributed by atoms with E-state index in [0.717, 1.165) is 28.4 Å². The van der Waals surface area contributed by atoms with E-state index in [-0.39, 0.29) is 11.9 Å². The molecule has 0 aliphatic carbocycles. The van der Waals surface area contributed by atoms with Crippen LogP contribution in [-0.4, -0.2) is 17.5 Å². The zero-order chi connectivity index (χ0) is 18.6. The van der Waals surface area contributed by atoms with Crippen LogP contribution in [0.3, 0.4) is 0 Å². The molecule has 1 amide bonds. The summed E-state index contributed by atoms with van der Waals surface area (Å²) >= 11 is 1.58. The number of hydrogen-bond donors (Lipinski definition) is 1. The molecule has 1 aromatic heterocycles. The molecular formula is C21H20N2O3S. The van der Waals surface area contributed by atoms with Crippen LogP contribution in [0.5, 0.6) is 11.5 Å². The van der Waals surface area contributed by atoms with Crippen molar-refractivity contribution in [2.24, 2.45) is 0 Å². The lowest BCUT2D eigenvalue weighted by Gasteiger charge is -2.26. The van der Waals surface area contributed by atoms with E-state index < -0.39 is 0 Å². The minimum absolute atomic E-state index is 0.0725. The smallest absolute Gasteiger partial charge is 0.255 e. The van der Waals surface area contributed by atoms with Gasteiger partial charge >= 0.3 is 0 Å². The number of aromatic nitrogens is 1. The quantitative estimate of drug-likeness (QED) is 0.718. The van der Waals surface area contributed by atoms with E-state index in [1.807, 2.05) is 54.8 Å². The van der Waals surface area contributed by atoms with Crippen molar-refractivity contribution in [3.8, 4) is 11.5 Å². The fraction of sp³-hybridized carbons (Fsp3) is 0.238. The third-order valence-electron chi connectivity index (χ3n) is 4.44. The van der Waals surface area contributed by atoms with Gasteiger partial charge in [-0.05, 0) is 25.1 Å². The molecule has 1 N–H and O–H groups in total. The normalized spacial score (nSPS) is 15.5. The number of carbonyl (C=O) groups is 1. The van der Waals surface area contributed by atoms with Crippen molar-refractivity contribution in [1.29, 1.82) is 0 Å². The molecular weight excluding hydrogens is 360 g/mol. The highest BCUT2D eigenvalue weighted by molar-refractivity contribution is 7.09. The van der Waals surface area contributed by atoms with Crippen molar-refractivity contribution in [1.82, 2.24) is 10.3 Å². The fourth-order valence-corrected chi connectivity index (χ4v) is 3.73. The second-order valence-corrected chi connectivity index (χ2v) is 7.41. The molecule has 0 fully saturated rings. The Morgan fingerprint density at radius 1 is 1.26 bits per heavy atom. The van der Waals surface area contributed by atoms with Gasteiger partial charge in [0.1, 0.15) is 18.1 Å². The van der Waals surface area contributed by atoms with Crippen LogP contribution in [0.4, 0.5) is 0 Å². The summed E-state index contributed by atoms with van der Waals surface area (Å²) in [7, 11) is 0. The first-order chi connectivity index (χ1) is 13.2. The summed E-state index contributed by atoms with van der Waals surface area (Å²) < 4.78 is 11.5. The van der Waals surface area contributed by atoms with Crippen LogP contribution in [0.1, 0.15) is 39.1 Å². The molecule has 1 aliphatic heterocycles. The number of nitrogens with one attached hydrogen (secondary N) is 1. The topological polar surface area (TPSA) is 60.5 Å². The first-order valence-electron chi connectivity index (χ1n) is 8.86. The maximum atomic E-state index is 12.9. The molecule has 1 unspecified atom stereocenters. The van der Waals surface area contributed by atoms with Crippen LogP contribution < -0.4 is 14.8 Å². The number of benzene rings is 2. The van der Waals surface area contributed by atoms with Crippen LogP contribution in [0.25, 0.3) is 0 Å². The summed E-state index contributed by atoms with van der Waals surface area (Å²) in [4.78, 5) is 17.3. The number of hydrogen-bond acceptors (Lipinski definition) is 5. The lowest BCUT2D eigenvalue weighted by Crippen LogP contribution is -2.32. The Morgan fingerprint density at radius 3 is 2.93 bits per heavy atom. The Hall–Kier alpha value is -2.86. The van der Waals surface area contributed by atoms with Crippen molar-refractivity contribution in [3.05, 3.63) is 75.7 Å². The molecule has 0 spiro atoms. The lowest BCUT2D eigenvalue weighted by atomic mass is 10.00. The summed E-state index contributed by atoms with van der Waals surface area (Å²) in [6.07, 6.45) is 0.740. The molecule has 2 aromatic carbocycles. The summed E-state index contributed by atoms with van der Waals surface area (Å²) in [5.74, 6) is 1.24. The summed E-state index contributed by atoms with van der Waals surface area (Å²) in [5, 5.41) is 6.09. The zero-order valence-corrected chi connectivity index (χ0v) is 15.8. The molecule has 27 heavy (non-hydrogen) atoms. The molecule has 1 aliphatic rings. The van der Waals surface area contributed by atoms with Gasteiger partial charge in [0.25, 0.3) is 5.91 Å². The van der Waals surface area contributed by atoms with Gasteiger partial charge in [-0.25, -0.2) is 4.98 Å². The van der Waals surface area contributed by atoms with Crippen molar-refractivity contribution in [2.45, 2.75) is 26.0 Å². The highest BCUT2D eigenvalue weighted by atomic mass is 32.1. The maximum Gasteiger partial charge on any atom is 0.255 e. The lowest BCUT2D eigenvalue weighted by molar-refractivity contribution is 0.0920. The Kier molecular flexibility index (Phi) is 5.07.